The Hall–Kier alpha value is -4.31. The van der Waals surface area contributed by atoms with E-state index >= 15 is 0 Å². The molecule has 8 rings (SSSR count). The van der Waals surface area contributed by atoms with Crippen molar-refractivity contribution in [3.8, 4) is 0 Å². The van der Waals surface area contributed by atoms with Gasteiger partial charge >= 0.3 is 5.97 Å². The summed E-state index contributed by atoms with van der Waals surface area (Å²) in [5, 5.41) is 4.93. The Morgan fingerprint density at radius 3 is 1.76 bits per heavy atom. The first-order valence-electron chi connectivity index (χ1n) is 11.6. The van der Waals surface area contributed by atoms with Gasteiger partial charge in [-0.15, -0.1) is 0 Å². The van der Waals surface area contributed by atoms with Gasteiger partial charge in [0.25, 0.3) is 5.85 Å². The van der Waals surface area contributed by atoms with Crippen LogP contribution in [0.3, 0.4) is 0 Å². The molecule has 0 amide bonds. The summed E-state index contributed by atoms with van der Waals surface area (Å²) in [7, 11) is 0. The van der Waals surface area contributed by atoms with Crippen LogP contribution in [0.1, 0.15) is 27.0 Å². The number of benzene rings is 5. The van der Waals surface area contributed by atoms with Crippen molar-refractivity contribution < 1.29 is 9.53 Å². The van der Waals surface area contributed by atoms with E-state index < -0.39 is 5.85 Å². The van der Waals surface area contributed by atoms with Crippen LogP contribution in [0, 0.1) is 0 Å². The average Bonchev–Trinajstić information content (AvgIpc) is 3.16. The van der Waals surface area contributed by atoms with Crippen molar-refractivity contribution in [2.24, 2.45) is 0 Å². The van der Waals surface area contributed by atoms with Crippen LogP contribution >= 0.6 is 0 Å². The van der Waals surface area contributed by atoms with Crippen LogP contribution in [-0.4, -0.2) is 5.97 Å². The highest BCUT2D eigenvalue weighted by Gasteiger charge is 2.59. The Bertz CT molecular complexity index is 1600. The lowest BCUT2D eigenvalue weighted by Gasteiger charge is -2.56. The minimum atomic E-state index is -0.988. The molecule has 3 heterocycles. The maximum Gasteiger partial charge on any atom is 0.342 e. The smallest absolute Gasteiger partial charge is 0.342 e. The number of fused-ring (bicyclic) bond motifs is 9. The normalized spacial score (nSPS) is 17.0. The van der Waals surface area contributed by atoms with E-state index in [1.807, 2.05) is 24.3 Å². The van der Waals surface area contributed by atoms with Gasteiger partial charge in [0, 0.05) is 22.5 Å². The number of ether oxygens (including phenoxy) is 1. The number of esters is 1. The molecule has 5 aromatic rings. The predicted molar refractivity (Wildman–Crippen MR) is 134 cm³/mol. The van der Waals surface area contributed by atoms with Crippen LogP contribution in [-0.2, 0) is 23.7 Å². The maximum atomic E-state index is 13.1. The molecule has 0 aromatic heterocycles. The molecule has 0 unspecified atom stereocenters. The molecule has 5 aromatic carbocycles. The predicted octanol–water partition coefficient (Wildman–Crippen LogP) is 6.31. The quantitative estimate of drug-likeness (QED) is 0.264. The summed E-state index contributed by atoms with van der Waals surface area (Å²) in [6.07, 6.45) is 0. The van der Waals surface area contributed by atoms with Gasteiger partial charge in [-0.3, -0.25) is 0 Å². The summed E-state index contributed by atoms with van der Waals surface area (Å²) in [4.78, 5) is 17.7. The van der Waals surface area contributed by atoms with Crippen LogP contribution in [0.4, 0.5) is 11.4 Å². The Kier molecular flexibility index (Phi) is 3.30. The molecule has 0 saturated carbocycles. The highest BCUT2D eigenvalue weighted by Crippen LogP contribution is 2.56. The van der Waals surface area contributed by atoms with Crippen molar-refractivity contribution >= 4 is 38.9 Å². The first-order valence-corrected chi connectivity index (χ1v) is 11.6. The van der Waals surface area contributed by atoms with Crippen molar-refractivity contribution in [3.05, 3.63) is 119 Å². The minimum Gasteiger partial charge on any atom is -0.411 e. The Morgan fingerprint density at radius 2 is 1.15 bits per heavy atom. The summed E-state index contributed by atoms with van der Waals surface area (Å²) < 4.78 is 6.38. The average molecular weight is 441 g/mol. The van der Waals surface area contributed by atoms with Crippen molar-refractivity contribution in [1.29, 1.82) is 0 Å². The molecule has 0 atom stereocenters. The third kappa shape index (κ3) is 2.07. The van der Waals surface area contributed by atoms with Gasteiger partial charge < -0.3 is 14.5 Å². The second-order valence-corrected chi connectivity index (χ2v) is 9.28. The number of anilines is 2. The summed E-state index contributed by atoms with van der Waals surface area (Å²) in [6.45, 7) is 1.31. The molecule has 2 bridgehead atoms. The minimum absolute atomic E-state index is 0.265. The molecule has 34 heavy (non-hydrogen) atoms. The zero-order chi connectivity index (χ0) is 22.4. The summed E-state index contributed by atoms with van der Waals surface area (Å²) in [6, 6.07) is 33.6. The fraction of sp³-hybridized carbons (Fsp3) is 0.100. The van der Waals surface area contributed by atoms with Crippen LogP contribution in [0.5, 0.6) is 0 Å². The third-order valence-corrected chi connectivity index (χ3v) is 7.71. The van der Waals surface area contributed by atoms with E-state index in [1.54, 1.807) is 0 Å². The molecule has 1 spiro atoms. The van der Waals surface area contributed by atoms with Crippen molar-refractivity contribution in [2.45, 2.75) is 18.9 Å². The van der Waals surface area contributed by atoms with E-state index in [0.29, 0.717) is 18.7 Å². The van der Waals surface area contributed by atoms with Crippen molar-refractivity contribution in [3.63, 3.8) is 0 Å². The fourth-order valence-electron chi connectivity index (χ4n) is 6.25. The van der Waals surface area contributed by atoms with Crippen LogP contribution in [0.25, 0.3) is 21.5 Å². The molecule has 0 aliphatic carbocycles. The van der Waals surface area contributed by atoms with E-state index in [0.717, 1.165) is 16.9 Å². The fourth-order valence-corrected chi connectivity index (χ4v) is 6.25. The zero-order valence-electron chi connectivity index (χ0n) is 18.4. The summed E-state index contributed by atoms with van der Waals surface area (Å²) >= 11 is 0. The van der Waals surface area contributed by atoms with E-state index in [4.69, 9.17) is 4.74 Å². The number of rotatable bonds is 0. The molecule has 0 radical (unpaired) electrons. The molecule has 0 fully saturated rings. The van der Waals surface area contributed by atoms with Gasteiger partial charge in [-0.1, -0.05) is 78.9 Å². The molecule has 162 valence electrons. The second kappa shape index (κ2) is 6.17. The van der Waals surface area contributed by atoms with Crippen molar-refractivity contribution in [1.82, 2.24) is 0 Å². The number of carbonyl (C=O) groups excluding carboxylic acids is 1. The van der Waals surface area contributed by atoms with E-state index in [-0.39, 0.29) is 5.97 Å². The molecule has 0 saturated heterocycles. The lowest BCUT2D eigenvalue weighted by atomic mass is 9.88. The van der Waals surface area contributed by atoms with Gasteiger partial charge in [0.15, 0.2) is 0 Å². The molecule has 0 N–H and O–H groups in total. The van der Waals surface area contributed by atoms with Gasteiger partial charge in [0.05, 0.1) is 24.2 Å². The monoisotopic (exact) mass is 440 g/mol. The molecular formula is C30H20N2O2. The van der Waals surface area contributed by atoms with E-state index in [2.05, 4.69) is 82.6 Å². The Labute approximate surface area is 196 Å². The molecule has 3 aliphatic rings. The zero-order valence-corrected chi connectivity index (χ0v) is 18.4. The van der Waals surface area contributed by atoms with Crippen LogP contribution < -0.4 is 9.80 Å². The molecular weight excluding hydrogens is 420 g/mol. The molecule has 3 aliphatic heterocycles. The van der Waals surface area contributed by atoms with Gasteiger partial charge in [-0.2, -0.15) is 0 Å². The first-order chi connectivity index (χ1) is 16.8. The summed E-state index contributed by atoms with van der Waals surface area (Å²) in [5.74, 6) is -1.25. The lowest BCUT2D eigenvalue weighted by molar-refractivity contribution is -0.0188. The number of nitrogens with zero attached hydrogens (tertiary/aromatic N) is 2. The lowest BCUT2D eigenvalue weighted by Crippen LogP contribution is -2.64. The third-order valence-electron chi connectivity index (χ3n) is 7.71. The topological polar surface area (TPSA) is 32.8 Å². The van der Waals surface area contributed by atoms with Gasteiger partial charge in [-0.25, -0.2) is 4.79 Å². The van der Waals surface area contributed by atoms with E-state index in [9.17, 15) is 4.79 Å². The van der Waals surface area contributed by atoms with Crippen LogP contribution in [0.2, 0.25) is 0 Å². The SMILES string of the molecule is O=C1OC2(c3ccccc31)N1Cc3c(ccc4ccccc34)N2Cc2c1ccc1ccccc21. The highest BCUT2D eigenvalue weighted by molar-refractivity contribution is 6.00. The van der Waals surface area contributed by atoms with Gasteiger partial charge in [0.1, 0.15) is 0 Å². The maximum absolute atomic E-state index is 13.1. The Balaban J connectivity index is 1.48. The standard InChI is InChI=1S/C30H20N2O2/c33-29-23-11-5-6-12-26(23)30(34-29)31-17-24-21-9-3-1-7-19(21)13-15-27(24)32(30)18-25-22-10-4-2-8-20(22)14-16-28(25)31/h1-16H,17-18H2. The van der Waals surface area contributed by atoms with Crippen LogP contribution in [0.15, 0.2) is 97.1 Å². The largest absolute Gasteiger partial charge is 0.411 e. The van der Waals surface area contributed by atoms with Gasteiger partial charge in [-0.05, 0) is 39.7 Å². The van der Waals surface area contributed by atoms with Crippen molar-refractivity contribution in [2.75, 3.05) is 9.80 Å². The summed E-state index contributed by atoms with van der Waals surface area (Å²) in [5.41, 5.74) is 6.34. The molecule has 4 heteroatoms. The number of hydrogen-bond acceptors (Lipinski definition) is 4. The molecule has 4 nitrogen and oxygen atoms in total. The van der Waals surface area contributed by atoms with E-state index in [1.165, 1.54) is 32.7 Å². The Morgan fingerprint density at radius 1 is 0.618 bits per heavy atom. The second-order valence-electron chi connectivity index (χ2n) is 9.28. The van der Waals surface area contributed by atoms with Gasteiger partial charge in [0.2, 0.25) is 0 Å². The highest BCUT2D eigenvalue weighted by atomic mass is 16.6. The first kappa shape index (κ1) is 18.2. The number of hydrogen-bond donors (Lipinski definition) is 0. The number of carbonyl (C=O) groups is 1.